The van der Waals surface area contributed by atoms with Gasteiger partial charge < -0.3 is 5.32 Å². The average Bonchev–Trinajstić information content (AvgIpc) is 2.25. The van der Waals surface area contributed by atoms with Crippen molar-refractivity contribution in [3.05, 3.63) is 33.8 Å². The van der Waals surface area contributed by atoms with Crippen LogP contribution >= 0.6 is 15.9 Å². The second kappa shape index (κ2) is 6.01. The highest BCUT2D eigenvalue weighted by Gasteiger charge is 2.22. The Morgan fingerprint density at radius 2 is 2.18 bits per heavy atom. The first kappa shape index (κ1) is 13.1. The first-order chi connectivity index (χ1) is 8.20. The number of halogens is 1. The molecule has 17 heavy (non-hydrogen) atoms. The van der Waals surface area contributed by atoms with Gasteiger partial charge >= 0.3 is 0 Å². The van der Waals surface area contributed by atoms with E-state index in [9.17, 15) is 0 Å². The fourth-order valence-electron chi connectivity index (χ4n) is 2.47. The van der Waals surface area contributed by atoms with E-state index >= 15 is 0 Å². The SMILES string of the molecule is CCNC(CC1CCC1)c1ccc(C)c(Br)c1. The Balaban J connectivity index is 2.09. The fraction of sp³-hybridized carbons (Fsp3) is 0.600. The first-order valence-corrected chi connectivity index (χ1v) is 7.49. The highest BCUT2D eigenvalue weighted by Crippen LogP contribution is 2.35. The molecule has 0 heterocycles. The van der Waals surface area contributed by atoms with Gasteiger partial charge in [-0.05, 0) is 43.0 Å². The molecule has 1 nitrogen and oxygen atoms in total. The Kier molecular flexibility index (Phi) is 4.63. The molecule has 1 fully saturated rings. The van der Waals surface area contributed by atoms with Crippen molar-refractivity contribution >= 4 is 15.9 Å². The van der Waals surface area contributed by atoms with Crippen molar-refractivity contribution in [2.75, 3.05) is 6.54 Å². The lowest BCUT2D eigenvalue weighted by atomic mass is 9.79. The third kappa shape index (κ3) is 3.32. The molecule has 1 saturated carbocycles. The molecular weight excluding hydrogens is 274 g/mol. The predicted octanol–water partition coefficient (Wildman–Crippen LogP) is 4.60. The van der Waals surface area contributed by atoms with E-state index in [-0.39, 0.29) is 0 Å². The summed E-state index contributed by atoms with van der Waals surface area (Å²) in [6, 6.07) is 7.29. The number of aryl methyl sites for hydroxylation is 1. The summed E-state index contributed by atoms with van der Waals surface area (Å²) in [7, 11) is 0. The maximum Gasteiger partial charge on any atom is 0.0323 e. The highest BCUT2D eigenvalue weighted by atomic mass is 79.9. The molecule has 1 aromatic carbocycles. The number of hydrogen-bond donors (Lipinski definition) is 1. The minimum Gasteiger partial charge on any atom is -0.310 e. The zero-order valence-corrected chi connectivity index (χ0v) is 12.4. The van der Waals surface area contributed by atoms with E-state index in [0.29, 0.717) is 6.04 Å². The lowest BCUT2D eigenvalue weighted by Crippen LogP contribution is -2.25. The fourth-order valence-corrected chi connectivity index (χ4v) is 2.87. The van der Waals surface area contributed by atoms with Crippen molar-refractivity contribution in [1.29, 1.82) is 0 Å². The Bertz CT molecular complexity index is 371. The van der Waals surface area contributed by atoms with Crippen LogP contribution in [0.4, 0.5) is 0 Å². The van der Waals surface area contributed by atoms with Crippen LogP contribution in [0.3, 0.4) is 0 Å². The lowest BCUT2D eigenvalue weighted by Gasteiger charge is -2.30. The summed E-state index contributed by atoms with van der Waals surface area (Å²) in [4.78, 5) is 0. The highest BCUT2D eigenvalue weighted by molar-refractivity contribution is 9.10. The molecule has 0 aromatic heterocycles. The van der Waals surface area contributed by atoms with Gasteiger partial charge in [0.1, 0.15) is 0 Å². The largest absolute Gasteiger partial charge is 0.310 e. The van der Waals surface area contributed by atoms with E-state index in [2.05, 4.69) is 53.3 Å². The van der Waals surface area contributed by atoms with Crippen molar-refractivity contribution in [3.63, 3.8) is 0 Å². The summed E-state index contributed by atoms with van der Waals surface area (Å²) >= 11 is 3.63. The van der Waals surface area contributed by atoms with Gasteiger partial charge in [-0.1, -0.05) is 54.2 Å². The number of rotatable bonds is 5. The minimum atomic E-state index is 0.530. The Labute approximate surface area is 113 Å². The van der Waals surface area contributed by atoms with Gasteiger partial charge in [0.2, 0.25) is 0 Å². The molecule has 1 aromatic rings. The van der Waals surface area contributed by atoms with E-state index in [1.807, 2.05) is 0 Å². The van der Waals surface area contributed by atoms with Crippen LogP contribution in [-0.4, -0.2) is 6.54 Å². The Hall–Kier alpha value is -0.340. The molecule has 0 saturated heterocycles. The van der Waals surface area contributed by atoms with Crippen LogP contribution in [0.5, 0.6) is 0 Å². The molecule has 0 aliphatic heterocycles. The second-order valence-corrected chi connectivity index (χ2v) is 6.01. The van der Waals surface area contributed by atoms with Crippen molar-refractivity contribution in [3.8, 4) is 0 Å². The monoisotopic (exact) mass is 295 g/mol. The quantitative estimate of drug-likeness (QED) is 0.837. The van der Waals surface area contributed by atoms with Crippen molar-refractivity contribution in [1.82, 2.24) is 5.32 Å². The van der Waals surface area contributed by atoms with Crippen molar-refractivity contribution in [2.45, 2.75) is 45.6 Å². The average molecular weight is 296 g/mol. The Morgan fingerprint density at radius 1 is 1.41 bits per heavy atom. The normalized spacial score (nSPS) is 17.8. The second-order valence-electron chi connectivity index (χ2n) is 5.15. The van der Waals surface area contributed by atoms with Crippen LogP contribution in [-0.2, 0) is 0 Å². The standard InChI is InChI=1S/C15H22BrN/c1-3-17-15(9-12-5-4-6-12)13-8-7-11(2)14(16)10-13/h7-8,10,12,15,17H,3-6,9H2,1-2H3. The summed E-state index contributed by atoms with van der Waals surface area (Å²) < 4.78 is 1.23. The topological polar surface area (TPSA) is 12.0 Å². The number of nitrogens with one attached hydrogen (secondary N) is 1. The maximum atomic E-state index is 3.63. The zero-order chi connectivity index (χ0) is 12.3. The zero-order valence-electron chi connectivity index (χ0n) is 10.8. The van der Waals surface area contributed by atoms with Gasteiger partial charge in [0, 0.05) is 10.5 Å². The van der Waals surface area contributed by atoms with Crippen molar-refractivity contribution in [2.24, 2.45) is 5.92 Å². The third-order valence-electron chi connectivity index (χ3n) is 3.84. The van der Waals surface area contributed by atoms with Gasteiger partial charge in [-0.2, -0.15) is 0 Å². The summed E-state index contributed by atoms with van der Waals surface area (Å²) in [5.41, 5.74) is 2.74. The van der Waals surface area contributed by atoms with Gasteiger partial charge in [-0.15, -0.1) is 0 Å². The molecule has 94 valence electrons. The Morgan fingerprint density at radius 3 is 2.71 bits per heavy atom. The molecule has 2 heteroatoms. The summed E-state index contributed by atoms with van der Waals surface area (Å²) in [5.74, 6) is 0.944. The molecule has 0 amide bonds. The third-order valence-corrected chi connectivity index (χ3v) is 4.70. The molecule has 1 unspecified atom stereocenters. The van der Waals surface area contributed by atoms with Crippen LogP contribution in [0.25, 0.3) is 0 Å². The van der Waals surface area contributed by atoms with E-state index in [0.717, 1.165) is 12.5 Å². The van der Waals surface area contributed by atoms with Crippen LogP contribution in [0.2, 0.25) is 0 Å². The molecule has 0 bridgehead atoms. The molecule has 1 aliphatic carbocycles. The summed E-state index contributed by atoms with van der Waals surface area (Å²) in [6.07, 6.45) is 5.58. The lowest BCUT2D eigenvalue weighted by molar-refractivity contribution is 0.262. The first-order valence-electron chi connectivity index (χ1n) is 6.70. The van der Waals surface area contributed by atoms with Gasteiger partial charge in [-0.25, -0.2) is 0 Å². The van der Waals surface area contributed by atoms with E-state index in [4.69, 9.17) is 0 Å². The maximum absolute atomic E-state index is 3.63. The molecule has 0 spiro atoms. The summed E-state index contributed by atoms with van der Waals surface area (Å²) in [6.45, 7) is 5.38. The minimum absolute atomic E-state index is 0.530. The molecule has 1 N–H and O–H groups in total. The van der Waals surface area contributed by atoms with Gasteiger partial charge in [0.05, 0.1) is 0 Å². The smallest absolute Gasteiger partial charge is 0.0323 e. The number of benzene rings is 1. The van der Waals surface area contributed by atoms with Gasteiger partial charge in [0.25, 0.3) is 0 Å². The van der Waals surface area contributed by atoms with E-state index < -0.39 is 0 Å². The molecular formula is C15H22BrN. The molecule has 0 radical (unpaired) electrons. The van der Waals surface area contributed by atoms with E-state index in [1.54, 1.807) is 0 Å². The number of hydrogen-bond acceptors (Lipinski definition) is 1. The molecule has 1 atom stereocenters. The van der Waals surface area contributed by atoms with Crippen LogP contribution in [0.15, 0.2) is 22.7 Å². The van der Waals surface area contributed by atoms with Crippen LogP contribution in [0.1, 0.15) is 49.8 Å². The molecule has 1 aliphatic rings. The van der Waals surface area contributed by atoms with Crippen LogP contribution in [0, 0.1) is 12.8 Å². The summed E-state index contributed by atoms with van der Waals surface area (Å²) in [5, 5.41) is 3.62. The van der Waals surface area contributed by atoms with Crippen LogP contribution < -0.4 is 5.32 Å². The van der Waals surface area contributed by atoms with Gasteiger partial charge in [0.15, 0.2) is 0 Å². The van der Waals surface area contributed by atoms with E-state index in [1.165, 1.54) is 41.3 Å². The van der Waals surface area contributed by atoms with Gasteiger partial charge in [-0.3, -0.25) is 0 Å². The molecule has 2 rings (SSSR count). The predicted molar refractivity (Wildman–Crippen MR) is 77.3 cm³/mol. The van der Waals surface area contributed by atoms with Crippen molar-refractivity contribution < 1.29 is 0 Å².